The number of allylic oxidation sites excluding steroid dienone is 3. The summed E-state index contributed by atoms with van der Waals surface area (Å²) < 4.78 is 2.34. The van der Waals surface area contributed by atoms with Gasteiger partial charge in [-0.25, -0.2) is 0 Å². The lowest BCUT2D eigenvalue weighted by atomic mass is 10.1. The molecule has 3 heteroatoms. The van der Waals surface area contributed by atoms with Gasteiger partial charge >= 0.3 is 0 Å². The molecule has 2 heterocycles. The molecule has 0 amide bonds. The second-order valence-electron chi connectivity index (χ2n) is 7.19. The van der Waals surface area contributed by atoms with Gasteiger partial charge in [0.1, 0.15) is 6.54 Å². The van der Waals surface area contributed by atoms with Crippen molar-refractivity contribution in [3.63, 3.8) is 0 Å². The van der Waals surface area contributed by atoms with Crippen molar-refractivity contribution in [2.24, 2.45) is 5.73 Å². The van der Waals surface area contributed by atoms with Crippen LogP contribution in [-0.2, 0) is 13.1 Å². The van der Waals surface area contributed by atoms with Gasteiger partial charge in [0.2, 0.25) is 11.2 Å². The predicted molar refractivity (Wildman–Crippen MR) is 123 cm³/mol. The molecule has 1 aromatic heterocycles. The summed E-state index contributed by atoms with van der Waals surface area (Å²) in [7, 11) is 0. The normalized spacial score (nSPS) is 14.9. The Labute approximate surface area is 173 Å². The van der Waals surface area contributed by atoms with Crippen LogP contribution in [0.15, 0.2) is 78.5 Å². The van der Waals surface area contributed by atoms with Crippen LogP contribution in [0.4, 0.5) is 5.69 Å². The van der Waals surface area contributed by atoms with E-state index in [1.54, 1.807) is 0 Å². The van der Waals surface area contributed by atoms with Crippen molar-refractivity contribution < 1.29 is 4.57 Å². The minimum absolute atomic E-state index is 0.571. The molecule has 29 heavy (non-hydrogen) atoms. The predicted octanol–water partition coefficient (Wildman–Crippen LogP) is 5.06. The molecule has 1 aliphatic heterocycles. The van der Waals surface area contributed by atoms with Crippen LogP contribution in [0.3, 0.4) is 0 Å². The van der Waals surface area contributed by atoms with E-state index in [-0.39, 0.29) is 0 Å². The first-order valence-electron chi connectivity index (χ1n) is 10.3. The molecule has 0 atom stereocenters. The molecule has 0 bridgehead atoms. The Morgan fingerprint density at radius 1 is 1.00 bits per heavy atom. The third kappa shape index (κ3) is 3.74. The van der Waals surface area contributed by atoms with Crippen LogP contribution < -0.4 is 15.2 Å². The molecule has 0 aliphatic carbocycles. The van der Waals surface area contributed by atoms with E-state index in [0.29, 0.717) is 6.54 Å². The molecule has 3 nitrogen and oxygen atoms in total. The molecule has 146 valence electrons. The second kappa shape index (κ2) is 8.46. The molecule has 3 aromatic rings. The van der Waals surface area contributed by atoms with Crippen LogP contribution >= 0.6 is 0 Å². The third-order valence-electron chi connectivity index (χ3n) is 5.50. The van der Waals surface area contributed by atoms with Crippen LogP contribution in [-0.4, -0.2) is 6.54 Å². The Kier molecular flexibility index (Phi) is 5.59. The molecule has 0 saturated carbocycles. The second-order valence-corrected chi connectivity index (χ2v) is 7.19. The number of nitrogens with two attached hydrogens (primary N) is 1. The lowest BCUT2D eigenvalue weighted by molar-refractivity contribution is -0.669. The van der Waals surface area contributed by atoms with E-state index in [1.165, 1.54) is 33.5 Å². The van der Waals surface area contributed by atoms with Gasteiger partial charge < -0.3 is 10.6 Å². The Morgan fingerprint density at radius 2 is 1.86 bits per heavy atom. The fraction of sp³-hybridized carbons (Fsp3) is 0.192. The van der Waals surface area contributed by atoms with Gasteiger partial charge in [-0.3, -0.25) is 0 Å². The molecule has 0 saturated heterocycles. The first-order chi connectivity index (χ1) is 14.2. The summed E-state index contributed by atoms with van der Waals surface area (Å²) >= 11 is 0. The fourth-order valence-electron chi connectivity index (χ4n) is 4.04. The number of nitrogens with zero attached hydrogens (tertiary/aromatic N) is 2. The van der Waals surface area contributed by atoms with Gasteiger partial charge in [-0.1, -0.05) is 36.4 Å². The zero-order valence-electron chi connectivity index (χ0n) is 17.2. The highest BCUT2D eigenvalue weighted by Gasteiger charge is 2.15. The minimum Gasteiger partial charge on any atom is -0.341 e. The fourth-order valence-corrected chi connectivity index (χ4v) is 4.04. The lowest BCUT2D eigenvalue weighted by Crippen LogP contribution is -2.36. The maximum absolute atomic E-state index is 5.80. The average Bonchev–Trinajstić information content (AvgIpc) is 2.78. The lowest BCUT2D eigenvalue weighted by Gasteiger charge is -2.29. The number of anilines is 1. The number of pyridine rings is 1. The van der Waals surface area contributed by atoms with Crippen molar-refractivity contribution >= 4 is 28.7 Å². The Bertz CT molecular complexity index is 1120. The molecule has 1 aliphatic rings. The molecule has 2 N–H and O–H groups in total. The largest absolute Gasteiger partial charge is 0.341 e. The molecular weight excluding hydrogens is 354 g/mol. The van der Waals surface area contributed by atoms with E-state index in [2.05, 4.69) is 108 Å². The third-order valence-corrected chi connectivity index (χ3v) is 5.50. The van der Waals surface area contributed by atoms with E-state index in [0.717, 1.165) is 18.7 Å². The summed E-state index contributed by atoms with van der Waals surface area (Å²) in [6, 6.07) is 19.4. The maximum atomic E-state index is 5.80. The molecule has 2 aromatic carbocycles. The van der Waals surface area contributed by atoms with Gasteiger partial charge in [0.05, 0.1) is 0 Å². The van der Waals surface area contributed by atoms with E-state index in [4.69, 9.17) is 5.73 Å². The van der Waals surface area contributed by atoms with Crippen LogP contribution in [0, 0.1) is 0 Å². The van der Waals surface area contributed by atoms with Crippen LogP contribution in [0.2, 0.25) is 0 Å². The van der Waals surface area contributed by atoms with Gasteiger partial charge in [0.15, 0.2) is 0 Å². The highest BCUT2D eigenvalue weighted by Crippen LogP contribution is 2.30. The first-order valence-corrected chi connectivity index (χ1v) is 10.3. The number of hydrogen-bond acceptors (Lipinski definition) is 2. The van der Waals surface area contributed by atoms with Gasteiger partial charge in [0, 0.05) is 48.1 Å². The number of likely N-dealkylation sites (N-methyl/N-ethyl adjacent to an activating group) is 1. The van der Waals surface area contributed by atoms with E-state index in [9.17, 15) is 0 Å². The quantitative estimate of drug-likeness (QED) is 0.626. The van der Waals surface area contributed by atoms with E-state index < -0.39 is 0 Å². The topological polar surface area (TPSA) is 33.1 Å². The number of hydrogen-bond donors (Lipinski definition) is 1. The molecule has 0 unspecified atom stereocenters. The van der Waals surface area contributed by atoms with Crippen molar-refractivity contribution in [1.82, 2.24) is 0 Å². The summed E-state index contributed by atoms with van der Waals surface area (Å²) in [5.74, 6) is 0. The summed E-state index contributed by atoms with van der Waals surface area (Å²) in [6.07, 6.45) is 10.9. The first kappa shape index (κ1) is 19.2. The van der Waals surface area contributed by atoms with E-state index >= 15 is 0 Å². The molecule has 0 spiro atoms. The molecule has 4 rings (SSSR count). The Balaban J connectivity index is 1.66. The number of fused-ring (bicyclic) bond motifs is 2. The number of rotatable bonds is 5. The number of aryl methyl sites for hydroxylation is 1. The van der Waals surface area contributed by atoms with Crippen LogP contribution in [0.5, 0.6) is 0 Å². The van der Waals surface area contributed by atoms with E-state index in [1.807, 2.05) is 0 Å². The van der Waals surface area contributed by atoms with Crippen molar-refractivity contribution in [2.45, 2.75) is 26.9 Å². The average molecular weight is 383 g/mol. The van der Waals surface area contributed by atoms with Gasteiger partial charge in [-0.2, -0.15) is 4.57 Å². The smallest absolute Gasteiger partial charge is 0.212 e. The highest BCUT2D eigenvalue weighted by molar-refractivity contribution is 5.78. The number of para-hydroxylation sites is 1. The van der Waals surface area contributed by atoms with Crippen LogP contribution in [0.1, 0.15) is 30.7 Å². The van der Waals surface area contributed by atoms with Crippen LogP contribution in [0.25, 0.3) is 23.1 Å². The minimum atomic E-state index is 0.571. The SMILES string of the molecule is CCN1/C(=C/C=C/c2ccc3cc(CN)ccc3[n+]2CC)C=Cc2ccccc21. The maximum Gasteiger partial charge on any atom is 0.212 e. The molecular formula is C26H28N3+. The molecule has 0 fully saturated rings. The number of aromatic nitrogens is 1. The van der Waals surface area contributed by atoms with Gasteiger partial charge in [-0.05, 0) is 55.3 Å². The van der Waals surface area contributed by atoms with Crippen molar-refractivity contribution in [2.75, 3.05) is 11.4 Å². The van der Waals surface area contributed by atoms with Crippen molar-refractivity contribution in [3.8, 4) is 0 Å². The monoisotopic (exact) mass is 382 g/mol. The molecule has 0 radical (unpaired) electrons. The van der Waals surface area contributed by atoms with Crippen molar-refractivity contribution in [3.05, 3.63) is 95.3 Å². The Hall–Kier alpha value is -3.17. The van der Waals surface area contributed by atoms with Gasteiger partial charge in [0.25, 0.3) is 0 Å². The summed E-state index contributed by atoms with van der Waals surface area (Å²) in [4.78, 5) is 2.35. The Morgan fingerprint density at radius 3 is 2.66 bits per heavy atom. The summed E-state index contributed by atoms with van der Waals surface area (Å²) in [5.41, 5.74) is 13.1. The zero-order valence-corrected chi connectivity index (χ0v) is 17.2. The summed E-state index contributed by atoms with van der Waals surface area (Å²) in [5, 5.41) is 1.23. The standard InChI is InChI=1S/C26H28N3/c1-3-28-23(15-13-21-8-5-6-11-25(21)28)9-7-10-24-16-14-22-18-20(19-27)12-17-26(22)29(24)4-2/h5-18H,3-4,19,27H2,1-2H3/q+1. The zero-order chi connectivity index (χ0) is 20.2. The highest BCUT2D eigenvalue weighted by atomic mass is 15.1. The van der Waals surface area contributed by atoms with Crippen molar-refractivity contribution in [1.29, 1.82) is 0 Å². The number of benzene rings is 2. The van der Waals surface area contributed by atoms with Gasteiger partial charge in [-0.15, -0.1) is 0 Å². The summed E-state index contributed by atoms with van der Waals surface area (Å²) in [6.45, 7) is 6.81.